The van der Waals surface area contributed by atoms with E-state index in [0.717, 1.165) is 17.7 Å². The Balaban J connectivity index is 3.11. The molecule has 0 spiro atoms. The summed E-state index contributed by atoms with van der Waals surface area (Å²) in [6, 6.07) is -4.96. The first-order valence-electron chi connectivity index (χ1n) is 5.62. The number of nitrogens with zero attached hydrogens (tertiary/aromatic N) is 2. The third kappa shape index (κ3) is 3.23. The van der Waals surface area contributed by atoms with Gasteiger partial charge >= 0.3 is 30.6 Å². The molecule has 0 aliphatic carbocycles. The molecule has 0 aliphatic rings. The van der Waals surface area contributed by atoms with Crippen molar-refractivity contribution in [2.75, 3.05) is 0 Å². The van der Waals surface area contributed by atoms with Crippen molar-refractivity contribution in [3.8, 4) is 0 Å². The number of hydrogen-bond acceptors (Lipinski definition) is 1. The quantitative estimate of drug-likeness (QED) is 0.580. The summed E-state index contributed by atoms with van der Waals surface area (Å²) >= 11 is 0. The van der Waals surface area contributed by atoms with E-state index in [9.17, 15) is 43.9 Å². The van der Waals surface area contributed by atoms with Gasteiger partial charge in [-0.05, 0) is 0 Å². The van der Waals surface area contributed by atoms with Gasteiger partial charge in [0.2, 0.25) is 0 Å². The molecule has 0 fully saturated rings. The van der Waals surface area contributed by atoms with E-state index in [1.165, 1.54) is 7.05 Å². The van der Waals surface area contributed by atoms with Crippen molar-refractivity contribution in [1.29, 1.82) is 0 Å². The van der Waals surface area contributed by atoms with E-state index in [2.05, 4.69) is 4.74 Å². The second kappa shape index (κ2) is 5.53. The van der Waals surface area contributed by atoms with Crippen molar-refractivity contribution in [1.82, 2.24) is 4.57 Å². The van der Waals surface area contributed by atoms with Gasteiger partial charge in [-0.25, -0.2) is 8.96 Å². The van der Waals surface area contributed by atoms with Gasteiger partial charge in [-0.15, -0.1) is 0 Å². The number of ether oxygens (including phenoxy) is 1. The van der Waals surface area contributed by atoms with E-state index in [4.69, 9.17) is 0 Å². The maximum atomic E-state index is 13.6. The van der Waals surface area contributed by atoms with Gasteiger partial charge in [0.25, 0.3) is 5.82 Å². The number of rotatable bonds is 5. The summed E-state index contributed by atoms with van der Waals surface area (Å²) < 4.78 is 130. The largest absolute Gasteiger partial charge is 0.462 e. The van der Waals surface area contributed by atoms with E-state index in [-0.39, 0.29) is 4.57 Å². The molecule has 0 N–H and O–H groups in total. The zero-order valence-electron chi connectivity index (χ0n) is 11.3. The second-order valence-electron chi connectivity index (χ2n) is 4.44. The maximum Gasteiger partial charge on any atom is 0.462 e. The van der Waals surface area contributed by atoms with Crippen LogP contribution < -0.4 is 4.57 Å². The average Bonchev–Trinajstić information content (AvgIpc) is 2.68. The third-order valence-corrected chi connectivity index (χ3v) is 2.87. The number of aryl methyl sites for hydroxylation is 1. The summed E-state index contributed by atoms with van der Waals surface area (Å²) in [5.41, 5.74) is 0. The summed E-state index contributed by atoms with van der Waals surface area (Å²) in [5, 5.41) is 0. The van der Waals surface area contributed by atoms with Crippen LogP contribution in [0.4, 0.5) is 43.9 Å². The van der Waals surface area contributed by atoms with Crippen molar-refractivity contribution in [3.05, 3.63) is 18.2 Å². The molecule has 13 heteroatoms. The van der Waals surface area contributed by atoms with Crippen LogP contribution >= 0.6 is 0 Å². The van der Waals surface area contributed by atoms with Crippen molar-refractivity contribution in [2.24, 2.45) is 7.05 Å². The lowest BCUT2D eigenvalue weighted by Crippen LogP contribution is -2.56. The van der Waals surface area contributed by atoms with Gasteiger partial charge in [-0.2, -0.15) is 44.1 Å². The standard InChI is InChI=1S/C10H9F10N2O/c1-5-21(2)3-4-22(5)7(12,13)6(11)23-10(19,20)8(14,15)9(16,17)18/h3-4,6H,1-2H3/q+1. The summed E-state index contributed by atoms with van der Waals surface area (Å²) in [5.74, 6) is -7.27. The van der Waals surface area contributed by atoms with E-state index < -0.39 is 36.4 Å². The molecule has 0 radical (unpaired) electrons. The monoisotopic (exact) mass is 363 g/mol. The highest BCUT2D eigenvalue weighted by molar-refractivity contribution is 4.89. The third-order valence-electron chi connectivity index (χ3n) is 2.87. The Labute approximate surface area is 122 Å². The molecular formula is C10H9F10N2O+. The lowest BCUT2D eigenvalue weighted by molar-refractivity contribution is -0.678. The topological polar surface area (TPSA) is 18.0 Å². The Morgan fingerprint density at radius 1 is 1.04 bits per heavy atom. The fraction of sp³-hybridized carbons (Fsp3) is 0.700. The van der Waals surface area contributed by atoms with Crippen molar-refractivity contribution in [2.45, 2.75) is 37.5 Å². The van der Waals surface area contributed by atoms with Gasteiger partial charge in [-0.3, -0.25) is 4.74 Å². The first-order valence-corrected chi connectivity index (χ1v) is 5.62. The molecule has 0 saturated carbocycles. The minimum atomic E-state index is -6.86. The van der Waals surface area contributed by atoms with Crippen LogP contribution in [-0.2, 0) is 17.8 Å². The number of hydrogen-bond donors (Lipinski definition) is 0. The Morgan fingerprint density at radius 2 is 1.52 bits per heavy atom. The Bertz CT molecular complexity index is 564. The molecule has 3 nitrogen and oxygen atoms in total. The van der Waals surface area contributed by atoms with Gasteiger partial charge in [0, 0.05) is 6.92 Å². The van der Waals surface area contributed by atoms with E-state index in [0.29, 0.717) is 6.20 Å². The number of aromatic nitrogens is 2. The zero-order chi connectivity index (χ0) is 18.4. The fourth-order valence-corrected chi connectivity index (χ4v) is 1.42. The van der Waals surface area contributed by atoms with E-state index in [1.807, 2.05) is 0 Å². The lowest BCUT2D eigenvalue weighted by atomic mass is 10.3. The predicted octanol–water partition coefficient (Wildman–Crippen LogP) is 3.27. The minimum Gasteiger partial charge on any atom is -0.270 e. The molecular weight excluding hydrogens is 354 g/mol. The molecule has 0 aliphatic heterocycles. The number of halogens is 10. The molecule has 23 heavy (non-hydrogen) atoms. The molecule has 0 amide bonds. The van der Waals surface area contributed by atoms with Gasteiger partial charge in [0.15, 0.2) is 0 Å². The normalized spacial score (nSPS) is 15.8. The summed E-state index contributed by atoms with van der Waals surface area (Å²) in [6.45, 7) is 0.989. The fourth-order valence-electron chi connectivity index (χ4n) is 1.42. The van der Waals surface area contributed by atoms with Crippen molar-refractivity contribution in [3.63, 3.8) is 0 Å². The van der Waals surface area contributed by atoms with Crippen LogP contribution in [-0.4, -0.2) is 29.1 Å². The van der Waals surface area contributed by atoms with Crippen LogP contribution in [0.3, 0.4) is 0 Å². The summed E-state index contributed by atoms with van der Waals surface area (Å²) in [7, 11) is 1.21. The van der Waals surface area contributed by atoms with Gasteiger partial charge in [0.1, 0.15) is 12.4 Å². The minimum absolute atomic E-state index is 0.251. The van der Waals surface area contributed by atoms with Crippen LogP contribution in [0.5, 0.6) is 0 Å². The molecule has 1 aromatic heterocycles. The molecule has 1 aromatic rings. The highest BCUT2D eigenvalue weighted by Crippen LogP contribution is 2.48. The van der Waals surface area contributed by atoms with Crippen molar-refractivity contribution < 1.29 is 53.2 Å². The lowest BCUT2D eigenvalue weighted by Gasteiger charge is -2.29. The summed E-state index contributed by atoms with van der Waals surface area (Å²) in [6.07, 6.45) is -16.4. The van der Waals surface area contributed by atoms with Crippen LogP contribution in [0.15, 0.2) is 12.4 Å². The smallest absolute Gasteiger partial charge is 0.270 e. The Hall–Kier alpha value is -1.53. The molecule has 134 valence electrons. The second-order valence-corrected chi connectivity index (χ2v) is 4.44. The number of alkyl halides is 10. The zero-order valence-corrected chi connectivity index (χ0v) is 11.3. The van der Waals surface area contributed by atoms with Crippen LogP contribution in [0.1, 0.15) is 5.82 Å². The highest BCUT2D eigenvalue weighted by Gasteiger charge is 2.76. The van der Waals surface area contributed by atoms with E-state index in [1.54, 1.807) is 0 Å². The van der Waals surface area contributed by atoms with E-state index >= 15 is 0 Å². The average molecular weight is 363 g/mol. The van der Waals surface area contributed by atoms with Gasteiger partial charge < -0.3 is 0 Å². The highest BCUT2D eigenvalue weighted by atomic mass is 19.4. The molecule has 0 aromatic carbocycles. The Kier molecular flexibility index (Phi) is 4.69. The predicted molar refractivity (Wildman–Crippen MR) is 52.5 cm³/mol. The molecule has 0 saturated heterocycles. The summed E-state index contributed by atoms with van der Waals surface area (Å²) in [4.78, 5) is 0. The SMILES string of the molecule is Cc1n(C(F)(F)C(F)OC(F)(F)C(F)(F)C(F)(F)F)cc[n+]1C. The molecule has 1 atom stereocenters. The van der Waals surface area contributed by atoms with Gasteiger partial charge in [0.05, 0.1) is 7.05 Å². The molecule has 1 heterocycles. The van der Waals surface area contributed by atoms with Crippen LogP contribution in [0, 0.1) is 6.92 Å². The van der Waals surface area contributed by atoms with Crippen LogP contribution in [0.25, 0.3) is 0 Å². The first kappa shape index (κ1) is 19.5. The van der Waals surface area contributed by atoms with Crippen LogP contribution in [0.2, 0.25) is 0 Å². The molecule has 1 rings (SSSR count). The number of imidazole rings is 1. The maximum absolute atomic E-state index is 13.6. The van der Waals surface area contributed by atoms with Crippen molar-refractivity contribution >= 4 is 0 Å². The first-order chi connectivity index (χ1) is 10.1. The molecule has 1 unspecified atom stereocenters. The van der Waals surface area contributed by atoms with Gasteiger partial charge in [-0.1, -0.05) is 0 Å². The molecule has 0 bridgehead atoms. The Morgan fingerprint density at radius 3 is 1.87 bits per heavy atom.